The number of likely N-dealkylation sites (N-methyl/N-ethyl adjacent to an activating group) is 1. The van der Waals surface area contributed by atoms with E-state index in [1.165, 1.54) is 0 Å². The Morgan fingerprint density at radius 2 is 2.26 bits per heavy atom. The average molecular weight is 266 g/mol. The van der Waals surface area contributed by atoms with Crippen LogP contribution in [-0.2, 0) is 11.3 Å². The summed E-state index contributed by atoms with van der Waals surface area (Å²) in [7, 11) is 3.20. The van der Waals surface area contributed by atoms with Crippen LogP contribution in [0.1, 0.15) is 12.5 Å². The molecule has 1 heterocycles. The topological polar surface area (TPSA) is 68.8 Å². The zero-order valence-electron chi connectivity index (χ0n) is 11.3. The maximum Gasteiger partial charge on any atom is 0.236 e. The Labute approximate surface area is 112 Å². The van der Waals surface area contributed by atoms with Crippen LogP contribution in [0.25, 0.3) is 0 Å². The maximum atomic E-state index is 11.4. The van der Waals surface area contributed by atoms with Crippen LogP contribution in [0.15, 0.2) is 12.1 Å². The quantitative estimate of drug-likeness (QED) is 0.819. The van der Waals surface area contributed by atoms with Crippen molar-refractivity contribution in [3.8, 4) is 17.2 Å². The molecule has 0 bridgehead atoms. The Hall–Kier alpha value is -1.95. The van der Waals surface area contributed by atoms with Crippen molar-refractivity contribution in [2.45, 2.75) is 19.5 Å². The third kappa shape index (κ3) is 2.90. The van der Waals surface area contributed by atoms with E-state index in [1.54, 1.807) is 14.2 Å². The van der Waals surface area contributed by atoms with E-state index < -0.39 is 0 Å². The summed E-state index contributed by atoms with van der Waals surface area (Å²) in [5.74, 6) is 1.89. The first kappa shape index (κ1) is 13.5. The molecule has 0 radical (unpaired) electrons. The molecule has 6 heteroatoms. The number of fused-ring (bicyclic) bond motifs is 1. The van der Waals surface area contributed by atoms with Gasteiger partial charge in [0.05, 0.1) is 13.2 Å². The molecule has 2 rings (SSSR count). The first-order valence-electron chi connectivity index (χ1n) is 6.07. The number of carbonyl (C=O) groups is 1. The van der Waals surface area contributed by atoms with Gasteiger partial charge in [-0.05, 0) is 24.6 Å². The highest BCUT2D eigenvalue weighted by Gasteiger charge is 2.20. The van der Waals surface area contributed by atoms with Gasteiger partial charge in [0.25, 0.3) is 0 Å². The lowest BCUT2D eigenvalue weighted by Crippen LogP contribution is -2.40. The molecule has 0 saturated heterocycles. The van der Waals surface area contributed by atoms with Crippen LogP contribution in [0.3, 0.4) is 0 Å². The van der Waals surface area contributed by atoms with E-state index in [4.69, 9.17) is 14.2 Å². The summed E-state index contributed by atoms with van der Waals surface area (Å²) < 4.78 is 15.9. The number of methoxy groups -OCH3 is 1. The van der Waals surface area contributed by atoms with E-state index in [2.05, 4.69) is 10.6 Å². The summed E-state index contributed by atoms with van der Waals surface area (Å²) in [5, 5.41) is 5.72. The van der Waals surface area contributed by atoms with Crippen LogP contribution >= 0.6 is 0 Å². The van der Waals surface area contributed by atoms with Crippen molar-refractivity contribution < 1.29 is 19.0 Å². The number of nitrogens with one attached hydrogen (secondary N) is 2. The summed E-state index contributed by atoms with van der Waals surface area (Å²) in [5.41, 5.74) is 0.969. The van der Waals surface area contributed by atoms with Crippen molar-refractivity contribution in [2.24, 2.45) is 0 Å². The fourth-order valence-corrected chi connectivity index (χ4v) is 1.87. The molecule has 1 unspecified atom stereocenters. The van der Waals surface area contributed by atoms with Crippen molar-refractivity contribution in [3.63, 3.8) is 0 Å². The van der Waals surface area contributed by atoms with E-state index in [1.807, 2.05) is 19.1 Å². The second-order valence-corrected chi connectivity index (χ2v) is 4.25. The molecule has 1 atom stereocenters. The van der Waals surface area contributed by atoms with Gasteiger partial charge < -0.3 is 24.8 Å². The van der Waals surface area contributed by atoms with Gasteiger partial charge in [0, 0.05) is 13.6 Å². The van der Waals surface area contributed by atoms with Crippen LogP contribution in [-0.4, -0.2) is 32.9 Å². The number of amides is 1. The number of ether oxygens (including phenoxy) is 3. The minimum Gasteiger partial charge on any atom is -0.493 e. The molecule has 0 saturated carbocycles. The number of benzene rings is 1. The lowest BCUT2D eigenvalue weighted by atomic mass is 10.1. The van der Waals surface area contributed by atoms with Crippen molar-refractivity contribution in [1.82, 2.24) is 10.6 Å². The molecular weight excluding hydrogens is 248 g/mol. The molecule has 104 valence electrons. The summed E-state index contributed by atoms with van der Waals surface area (Å²) in [6, 6.07) is 3.49. The van der Waals surface area contributed by atoms with E-state index >= 15 is 0 Å². The normalized spacial score (nSPS) is 14.1. The lowest BCUT2D eigenvalue weighted by Gasteiger charge is -2.13. The number of hydrogen-bond donors (Lipinski definition) is 2. The van der Waals surface area contributed by atoms with Crippen molar-refractivity contribution in [3.05, 3.63) is 17.7 Å². The second-order valence-electron chi connectivity index (χ2n) is 4.25. The highest BCUT2D eigenvalue weighted by atomic mass is 16.7. The molecule has 1 aromatic carbocycles. The van der Waals surface area contributed by atoms with E-state index in [9.17, 15) is 4.79 Å². The standard InChI is InChI=1S/C13H18N2O4/c1-8(13(16)14-2)15-6-9-4-10(17-3)12-11(5-9)18-7-19-12/h4-5,8,15H,6-7H2,1-3H3,(H,14,16). The Balaban J connectivity index is 2.07. The van der Waals surface area contributed by atoms with Crippen LogP contribution in [0, 0.1) is 0 Å². The van der Waals surface area contributed by atoms with Gasteiger partial charge in [-0.15, -0.1) is 0 Å². The number of rotatable bonds is 5. The Morgan fingerprint density at radius 3 is 2.95 bits per heavy atom. The molecule has 2 N–H and O–H groups in total. The molecule has 1 amide bonds. The average Bonchev–Trinajstić information content (AvgIpc) is 2.91. The molecule has 0 spiro atoms. The van der Waals surface area contributed by atoms with Crippen molar-refractivity contribution >= 4 is 5.91 Å². The monoisotopic (exact) mass is 266 g/mol. The van der Waals surface area contributed by atoms with Gasteiger partial charge in [0.2, 0.25) is 18.4 Å². The first-order valence-corrected chi connectivity index (χ1v) is 6.07. The van der Waals surface area contributed by atoms with Crippen LogP contribution in [0.4, 0.5) is 0 Å². The molecular formula is C13H18N2O4. The highest BCUT2D eigenvalue weighted by molar-refractivity contribution is 5.80. The van der Waals surface area contributed by atoms with Gasteiger partial charge in [-0.2, -0.15) is 0 Å². The molecule has 1 aromatic rings. The van der Waals surface area contributed by atoms with Crippen molar-refractivity contribution in [2.75, 3.05) is 21.0 Å². The minimum absolute atomic E-state index is 0.0484. The SMILES string of the molecule is CNC(=O)C(C)NCc1cc(OC)c2c(c1)OCO2. The van der Waals surface area contributed by atoms with Gasteiger partial charge >= 0.3 is 0 Å². The molecule has 0 aromatic heterocycles. The predicted molar refractivity (Wildman–Crippen MR) is 69.5 cm³/mol. The molecule has 0 aliphatic carbocycles. The summed E-state index contributed by atoms with van der Waals surface area (Å²) >= 11 is 0. The molecule has 19 heavy (non-hydrogen) atoms. The first-order chi connectivity index (χ1) is 9.15. The third-order valence-electron chi connectivity index (χ3n) is 2.97. The summed E-state index contributed by atoms with van der Waals surface area (Å²) in [6.07, 6.45) is 0. The molecule has 6 nitrogen and oxygen atoms in total. The smallest absolute Gasteiger partial charge is 0.236 e. The fourth-order valence-electron chi connectivity index (χ4n) is 1.87. The van der Waals surface area contributed by atoms with E-state index in [0.29, 0.717) is 23.8 Å². The number of hydrogen-bond acceptors (Lipinski definition) is 5. The van der Waals surface area contributed by atoms with Gasteiger partial charge in [-0.3, -0.25) is 4.79 Å². The van der Waals surface area contributed by atoms with Gasteiger partial charge in [-0.1, -0.05) is 0 Å². The van der Waals surface area contributed by atoms with E-state index in [-0.39, 0.29) is 18.7 Å². The third-order valence-corrected chi connectivity index (χ3v) is 2.97. The zero-order chi connectivity index (χ0) is 13.8. The van der Waals surface area contributed by atoms with Crippen LogP contribution in [0.5, 0.6) is 17.2 Å². The fraction of sp³-hybridized carbons (Fsp3) is 0.462. The highest BCUT2D eigenvalue weighted by Crippen LogP contribution is 2.41. The van der Waals surface area contributed by atoms with Gasteiger partial charge in [-0.25, -0.2) is 0 Å². The summed E-state index contributed by atoms with van der Waals surface area (Å²) in [6.45, 7) is 2.56. The van der Waals surface area contributed by atoms with Gasteiger partial charge in [0.15, 0.2) is 11.5 Å². The van der Waals surface area contributed by atoms with Crippen LogP contribution < -0.4 is 24.8 Å². The maximum absolute atomic E-state index is 11.4. The van der Waals surface area contributed by atoms with Crippen molar-refractivity contribution in [1.29, 1.82) is 0 Å². The predicted octanol–water partition coefficient (Wildman–Crippen LogP) is 0.648. The molecule has 1 aliphatic rings. The Kier molecular flexibility index (Phi) is 4.11. The van der Waals surface area contributed by atoms with Crippen LogP contribution in [0.2, 0.25) is 0 Å². The number of carbonyl (C=O) groups excluding carboxylic acids is 1. The van der Waals surface area contributed by atoms with E-state index in [0.717, 1.165) is 5.56 Å². The van der Waals surface area contributed by atoms with Gasteiger partial charge in [0.1, 0.15) is 0 Å². The Morgan fingerprint density at radius 1 is 1.47 bits per heavy atom. The minimum atomic E-state index is -0.263. The lowest BCUT2D eigenvalue weighted by molar-refractivity contribution is -0.122. The molecule has 0 fully saturated rings. The zero-order valence-corrected chi connectivity index (χ0v) is 11.3. The largest absolute Gasteiger partial charge is 0.493 e. The summed E-state index contributed by atoms with van der Waals surface area (Å²) in [4.78, 5) is 11.4. The second kappa shape index (κ2) is 5.79. The molecule has 1 aliphatic heterocycles. The Bertz CT molecular complexity index is 476.